The molecule has 0 saturated heterocycles. The van der Waals surface area contributed by atoms with Gasteiger partial charge in [-0.25, -0.2) is 4.79 Å². The van der Waals surface area contributed by atoms with Crippen LogP contribution in [0.3, 0.4) is 0 Å². The fraction of sp³-hybridized carbons (Fsp3) is 0.391. The number of nitrogens with one attached hydrogen (secondary N) is 1. The highest BCUT2D eigenvalue weighted by atomic mass is 16.6. The number of carboxylic acid groups (broad SMARTS) is 1. The van der Waals surface area contributed by atoms with Gasteiger partial charge in [-0.05, 0) is 50.3 Å². The Kier molecular flexibility index (Phi) is 5.08. The van der Waals surface area contributed by atoms with Crippen molar-refractivity contribution in [2.75, 3.05) is 0 Å². The summed E-state index contributed by atoms with van der Waals surface area (Å²) in [7, 11) is 0. The molecule has 0 aromatic heterocycles. The first-order valence-corrected chi connectivity index (χ1v) is 9.09. The first-order valence-electron chi connectivity index (χ1n) is 11.6. The number of hydrogen-bond donors (Lipinski definition) is 2. The zero-order valence-electron chi connectivity index (χ0n) is 21.6. The van der Waals surface area contributed by atoms with E-state index in [-0.39, 0.29) is 24.1 Å². The molecule has 0 aliphatic heterocycles. The molecule has 0 fully saturated rings. The summed E-state index contributed by atoms with van der Waals surface area (Å²) < 4.78 is 44.9. The number of carbonyl (C=O) groups excluding carboxylic acids is 1. The minimum Gasteiger partial charge on any atom is -0.481 e. The average Bonchev–Trinajstić information content (AvgIpc) is 2.70. The van der Waals surface area contributed by atoms with E-state index in [0.29, 0.717) is 12.0 Å². The second kappa shape index (κ2) is 9.40. The summed E-state index contributed by atoms with van der Waals surface area (Å²) in [4.78, 5) is 23.6. The van der Waals surface area contributed by atoms with Gasteiger partial charge in [0.1, 0.15) is 5.60 Å². The van der Waals surface area contributed by atoms with Crippen LogP contribution in [0.5, 0.6) is 0 Å². The molecule has 0 bridgehead atoms. The SMILES string of the molecule is [2H]c1c([2H])c([2H])c(-c2ccc(CC(C[C@@H](C)C(=O)O)NC(=O)OC(C)(C)C)cc2)c([2H])c1[2H]. The third-order valence-corrected chi connectivity index (χ3v) is 4.01. The summed E-state index contributed by atoms with van der Waals surface area (Å²) in [6.07, 6.45) is -0.113. The zero-order chi connectivity index (χ0) is 25.1. The number of alkyl carbamates (subject to hydrolysis) is 1. The van der Waals surface area contributed by atoms with Crippen LogP contribution < -0.4 is 5.32 Å². The normalized spacial score (nSPS) is 15.9. The molecule has 2 N–H and O–H groups in total. The molecule has 0 radical (unpaired) electrons. The molecular formula is C23H29NO4. The quantitative estimate of drug-likeness (QED) is 0.707. The van der Waals surface area contributed by atoms with Gasteiger partial charge >= 0.3 is 12.1 Å². The van der Waals surface area contributed by atoms with Gasteiger partial charge in [-0.3, -0.25) is 4.79 Å². The van der Waals surface area contributed by atoms with Crippen molar-refractivity contribution in [3.63, 3.8) is 0 Å². The second-order valence-electron chi connectivity index (χ2n) is 7.72. The Balaban J connectivity index is 2.28. The van der Waals surface area contributed by atoms with Crippen molar-refractivity contribution < 1.29 is 26.3 Å². The molecule has 0 spiro atoms. The topological polar surface area (TPSA) is 75.6 Å². The van der Waals surface area contributed by atoms with Crippen LogP contribution in [0.2, 0.25) is 0 Å². The molecule has 2 atom stereocenters. The number of carboxylic acids is 1. The van der Waals surface area contributed by atoms with E-state index < -0.39 is 47.8 Å². The summed E-state index contributed by atoms with van der Waals surface area (Å²) in [5, 5.41) is 12.0. The molecule has 2 aromatic rings. The van der Waals surface area contributed by atoms with Gasteiger partial charge in [0.2, 0.25) is 0 Å². The maximum atomic E-state index is 12.2. The highest BCUT2D eigenvalue weighted by Crippen LogP contribution is 2.21. The van der Waals surface area contributed by atoms with Crippen LogP contribution in [0.1, 0.15) is 46.5 Å². The highest BCUT2D eigenvalue weighted by Gasteiger charge is 2.23. The molecule has 28 heavy (non-hydrogen) atoms. The van der Waals surface area contributed by atoms with E-state index in [1.807, 2.05) is 0 Å². The van der Waals surface area contributed by atoms with Crippen LogP contribution in [0.15, 0.2) is 54.5 Å². The number of benzene rings is 2. The third kappa shape index (κ3) is 7.06. The van der Waals surface area contributed by atoms with Crippen LogP contribution in [-0.4, -0.2) is 28.8 Å². The van der Waals surface area contributed by atoms with Crippen molar-refractivity contribution in [2.24, 2.45) is 5.92 Å². The predicted molar refractivity (Wildman–Crippen MR) is 110 cm³/mol. The van der Waals surface area contributed by atoms with Crippen molar-refractivity contribution in [3.05, 3.63) is 60.0 Å². The lowest BCUT2D eigenvalue weighted by atomic mass is 9.95. The number of rotatable bonds is 7. The molecule has 0 aliphatic rings. The average molecular weight is 389 g/mol. The molecule has 2 rings (SSSR count). The number of carbonyl (C=O) groups is 2. The molecule has 0 aliphatic carbocycles. The van der Waals surface area contributed by atoms with Crippen LogP contribution in [0.4, 0.5) is 4.79 Å². The minimum absolute atomic E-state index is 0.107. The lowest BCUT2D eigenvalue weighted by Crippen LogP contribution is -2.41. The molecule has 0 saturated carbocycles. The Morgan fingerprint density at radius 3 is 2.25 bits per heavy atom. The largest absolute Gasteiger partial charge is 0.481 e. The summed E-state index contributed by atoms with van der Waals surface area (Å²) in [5.74, 6) is -1.65. The standard InChI is InChI=1S/C23H29NO4/c1-16(21(25)26)14-20(24-22(27)28-23(2,3)4)15-17-10-12-19(13-11-17)18-8-6-5-7-9-18/h5-13,16,20H,14-15H2,1-4H3,(H,24,27)(H,25,26)/t16-,20?/m1/s1/i5D,6D,7D,8D,9D. The summed E-state index contributed by atoms with van der Waals surface area (Å²) in [5.41, 5.74) is 0.657. The molecule has 150 valence electrons. The molecular weight excluding hydrogens is 354 g/mol. The Labute approximate surface area is 173 Å². The molecule has 5 heteroatoms. The lowest BCUT2D eigenvalue weighted by Gasteiger charge is -2.24. The van der Waals surface area contributed by atoms with Crippen LogP contribution in [-0.2, 0) is 16.0 Å². The molecule has 1 amide bonds. The Hall–Kier alpha value is -2.82. The highest BCUT2D eigenvalue weighted by molar-refractivity contribution is 5.70. The van der Waals surface area contributed by atoms with Crippen molar-refractivity contribution >= 4 is 12.1 Å². The molecule has 2 aromatic carbocycles. The number of ether oxygens (including phenoxy) is 1. The van der Waals surface area contributed by atoms with E-state index in [1.165, 1.54) is 0 Å². The monoisotopic (exact) mass is 388 g/mol. The van der Waals surface area contributed by atoms with E-state index in [4.69, 9.17) is 11.6 Å². The second-order valence-corrected chi connectivity index (χ2v) is 7.72. The lowest BCUT2D eigenvalue weighted by molar-refractivity contribution is -0.141. The van der Waals surface area contributed by atoms with Gasteiger partial charge in [0.15, 0.2) is 0 Å². The van der Waals surface area contributed by atoms with Gasteiger partial charge in [-0.15, -0.1) is 0 Å². The van der Waals surface area contributed by atoms with Gasteiger partial charge < -0.3 is 15.2 Å². The van der Waals surface area contributed by atoms with Gasteiger partial charge in [-0.1, -0.05) is 61.4 Å². The summed E-state index contributed by atoms with van der Waals surface area (Å²) in [6, 6.07) is 4.42. The third-order valence-electron chi connectivity index (χ3n) is 4.01. The summed E-state index contributed by atoms with van der Waals surface area (Å²) >= 11 is 0. The van der Waals surface area contributed by atoms with E-state index in [2.05, 4.69) is 5.32 Å². The fourth-order valence-corrected chi connectivity index (χ4v) is 2.68. The van der Waals surface area contributed by atoms with Gasteiger partial charge in [0.05, 0.1) is 12.8 Å². The number of aliphatic carboxylic acids is 1. The smallest absolute Gasteiger partial charge is 0.407 e. The molecule has 1 unspecified atom stereocenters. The van der Waals surface area contributed by atoms with Gasteiger partial charge in [0.25, 0.3) is 0 Å². The van der Waals surface area contributed by atoms with Crippen molar-refractivity contribution in [2.45, 2.75) is 52.2 Å². The van der Waals surface area contributed by atoms with Crippen LogP contribution >= 0.6 is 0 Å². The molecule has 5 nitrogen and oxygen atoms in total. The maximum absolute atomic E-state index is 12.2. The minimum atomic E-state index is -0.970. The fourth-order valence-electron chi connectivity index (χ4n) is 2.68. The first-order chi connectivity index (χ1) is 15.2. The maximum Gasteiger partial charge on any atom is 0.407 e. The molecule has 0 heterocycles. The number of amides is 1. The van der Waals surface area contributed by atoms with E-state index in [1.54, 1.807) is 52.0 Å². The van der Waals surface area contributed by atoms with Gasteiger partial charge in [0, 0.05) is 6.04 Å². The van der Waals surface area contributed by atoms with Crippen molar-refractivity contribution in [1.29, 1.82) is 0 Å². The van der Waals surface area contributed by atoms with E-state index >= 15 is 0 Å². The van der Waals surface area contributed by atoms with E-state index in [9.17, 15) is 14.7 Å². The van der Waals surface area contributed by atoms with E-state index in [0.717, 1.165) is 5.56 Å². The van der Waals surface area contributed by atoms with Crippen LogP contribution in [0, 0.1) is 5.92 Å². The number of hydrogen-bond acceptors (Lipinski definition) is 3. The Bertz CT molecular complexity index is 1010. The predicted octanol–water partition coefficient (Wildman–Crippen LogP) is 4.90. The van der Waals surface area contributed by atoms with Gasteiger partial charge in [-0.2, -0.15) is 0 Å². The first kappa shape index (κ1) is 15.1. The van der Waals surface area contributed by atoms with Crippen molar-refractivity contribution in [3.8, 4) is 11.1 Å². The Morgan fingerprint density at radius 1 is 1.11 bits per heavy atom. The van der Waals surface area contributed by atoms with Crippen molar-refractivity contribution in [1.82, 2.24) is 5.32 Å². The Morgan fingerprint density at radius 2 is 1.71 bits per heavy atom. The van der Waals surface area contributed by atoms with Crippen LogP contribution in [0.25, 0.3) is 11.1 Å². The zero-order valence-corrected chi connectivity index (χ0v) is 16.6. The summed E-state index contributed by atoms with van der Waals surface area (Å²) in [6.45, 7) is 6.77.